The standard InChI is InChI=1S/C26H29F2N3O4/c1-13(2)8-21-24(33)30-22(16-9-14-4-6-18(32)11-15(14)10-16)26(35)31(21)23(25(34)29-3)19-7-5-17(27)12-20(19)28/h4-7,11-13,16,21-23,32H,8-10H2,1-3H3,(H,29,34)(H,30,33). The van der Waals surface area contributed by atoms with Gasteiger partial charge in [-0.25, -0.2) is 8.78 Å². The van der Waals surface area contributed by atoms with Crippen LogP contribution in [-0.4, -0.2) is 46.9 Å². The lowest BCUT2D eigenvalue weighted by Gasteiger charge is -2.44. The molecule has 9 heteroatoms. The van der Waals surface area contributed by atoms with Gasteiger partial charge in [0.2, 0.25) is 17.7 Å². The number of halogens is 2. The molecule has 3 amide bonds. The van der Waals surface area contributed by atoms with E-state index in [0.29, 0.717) is 18.9 Å². The molecule has 0 aromatic heterocycles. The number of likely N-dealkylation sites (N-methyl/N-ethyl adjacent to an activating group) is 1. The monoisotopic (exact) mass is 485 g/mol. The number of rotatable bonds is 6. The first kappa shape index (κ1) is 24.6. The maximum atomic E-state index is 14.9. The molecule has 1 aliphatic carbocycles. The predicted molar refractivity (Wildman–Crippen MR) is 124 cm³/mol. The number of benzene rings is 2. The Morgan fingerprint density at radius 3 is 2.51 bits per heavy atom. The van der Waals surface area contributed by atoms with Gasteiger partial charge in [0, 0.05) is 18.7 Å². The summed E-state index contributed by atoms with van der Waals surface area (Å²) in [5, 5.41) is 15.1. The molecule has 0 radical (unpaired) electrons. The van der Waals surface area contributed by atoms with Crippen LogP contribution < -0.4 is 10.6 Å². The molecule has 1 heterocycles. The van der Waals surface area contributed by atoms with Gasteiger partial charge in [-0.05, 0) is 60.4 Å². The van der Waals surface area contributed by atoms with Gasteiger partial charge in [-0.1, -0.05) is 26.0 Å². The van der Waals surface area contributed by atoms with Crippen molar-refractivity contribution in [3.8, 4) is 5.75 Å². The van der Waals surface area contributed by atoms with Crippen molar-refractivity contribution in [3.05, 3.63) is 64.7 Å². The lowest BCUT2D eigenvalue weighted by atomic mass is 9.88. The third kappa shape index (κ3) is 4.72. The van der Waals surface area contributed by atoms with Gasteiger partial charge in [-0.3, -0.25) is 14.4 Å². The van der Waals surface area contributed by atoms with Crippen LogP contribution in [0, 0.1) is 23.5 Å². The molecule has 35 heavy (non-hydrogen) atoms. The summed E-state index contributed by atoms with van der Waals surface area (Å²) in [6.07, 6.45) is 1.22. The highest BCUT2D eigenvalue weighted by Gasteiger charge is 2.49. The Morgan fingerprint density at radius 1 is 1.14 bits per heavy atom. The molecule has 186 valence electrons. The first-order valence-electron chi connectivity index (χ1n) is 11.7. The molecule has 2 aliphatic rings. The largest absolute Gasteiger partial charge is 0.508 e. The number of carbonyl (C=O) groups is 3. The number of fused-ring (bicyclic) bond motifs is 1. The highest BCUT2D eigenvalue weighted by atomic mass is 19.1. The molecule has 4 unspecified atom stereocenters. The summed E-state index contributed by atoms with van der Waals surface area (Å²) in [7, 11) is 1.36. The van der Waals surface area contributed by atoms with Gasteiger partial charge >= 0.3 is 0 Å². The molecule has 1 fully saturated rings. The van der Waals surface area contributed by atoms with Crippen LogP contribution in [-0.2, 0) is 27.2 Å². The van der Waals surface area contributed by atoms with Gasteiger partial charge < -0.3 is 20.6 Å². The van der Waals surface area contributed by atoms with Crippen molar-refractivity contribution in [2.45, 2.75) is 51.2 Å². The first-order chi connectivity index (χ1) is 16.6. The zero-order chi connectivity index (χ0) is 25.4. The number of amides is 3. The third-order valence-corrected chi connectivity index (χ3v) is 6.81. The van der Waals surface area contributed by atoms with Gasteiger partial charge in [0.15, 0.2) is 0 Å². The van der Waals surface area contributed by atoms with Crippen LogP contribution in [0.5, 0.6) is 5.75 Å². The van der Waals surface area contributed by atoms with Gasteiger partial charge in [-0.2, -0.15) is 0 Å². The van der Waals surface area contributed by atoms with Crippen molar-refractivity contribution < 1.29 is 28.3 Å². The van der Waals surface area contributed by atoms with Crippen molar-refractivity contribution in [1.29, 1.82) is 0 Å². The van der Waals surface area contributed by atoms with E-state index in [0.717, 1.165) is 23.3 Å². The molecule has 4 rings (SSSR count). The van der Waals surface area contributed by atoms with E-state index in [-0.39, 0.29) is 29.6 Å². The number of phenolic OH excluding ortho intramolecular Hbond substituents is 1. The number of nitrogens with zero attached hydrogens (tertiary/aromatic N) is 1. The Kier molecular flexibility index (Phi) is 6.78. The van der Waals surface area contributed by atoms with Crippen LogP contribution in [0.3, 0.4) is 0 Å². The Bertz CT molecular complexity index is 1170. The van der Waals surface area contributed by atoms with Crippen molar-refractivity contribution in [2.75, 3.05) is 7.05 Å². The third-order valence-electron chi connectivity index (χ3n) is 6.81. The van der Waals surface area contributed by atoms with Crippen molar-refractivity contribution >= 4 is 17.7 Å². The normalized spacial score (nSPS) is 22.7. The highest BCUT2D eigenvalue weighted by Crippen LogP contribution is 2.36. The molecule has 4 atom stereocenters. The van der Waals surface area contributed by atoms with E-state index in [1.165, 1.54) is 11.9 Å². The fraction of sp³-hybridized carbons (Fsp3) is 0.423. The fourth-order valence-electron chi connectivity index (χ4n) is 5.20. The Hall–Kier alpha value is -3.49. The van der Waals surface area contributed by atoms with E-state index in [4.69, 9.17) is 0 Å². The van der Waals surface area contributed by atoms with Gasteiger partial charge in [0.05, 0.1) is 0 Å². The van der Waals surface area contributed by atoms with Gasteiger partial charge in [0.25, 0.3) is 0 Å². The summed E-state index contributed by atoms with van der Waals surface area (Å²) in [5.41, 5.74) is 1.68. The minimum Gasteiger partial charge on any atom is -0.508 e. The summed E-state index contributed by atoms with van der Waals surface area (Å²) >= 11 is 0. The number of hydrogen-bond acceptors (Lipinski definition) is 4. The summed E-state index contributed by atoms with van der Waals surface area (Å²) in [4.78, 5) is 41.5. The lowest BCUT2D eigenvalue weighted by molar-refractivity contribution is -0.157. The van der Waals surface area contributed by atoms with Gasteiger partial charge in [0.1, 0.15) is 35.5 Å². The minimum atomic E-state index is -1.45. The smallest absolute Gasteiger partial charge is 0.247 e. The summed E-state index contributed by atoms with van der Waals surface area (Å²) in [5.74, 6) is -3.55. The Balaban J connectivity index is 1.76. The fourth-order valence-corrected chi connectivity index (χ4v) is 5.20. The average Bonchev–Trinajstić information content (AvgIpc) is 3.21. The summed E-state index contributed by atoms with van der Waals surface area (Å²) < 4.78 is 28.5. The van der Waals surface area contributed by atoms with Crippen molar-refractivity contribution in [3.63, 3.8) is 0 Å². The van der Waals surface area contributed by atoms with E-state index < -0.39 is 47.5 Å². The van der Waals surface area contributed by atoms with Crippen LogP contribution in [0.1, 0.15) is 43.0 Å². The number of hydrogen-bond donors (Lipinski definition) is 3. The number of carbonyl (C=O) groups excluding carboxylic acids is 3. The van der Waals surface area contributed by atoms with Crippen molar-refractivity contribution in [1.82, 2.24) is 15.5 Å². The molecular formula is C26H29F2N3O4. The number of nitrogens with one attached hydrogen (secondary N) is 2. The molecular weight excluding hydrogens is 456 g/mol. The zero-order valence-electron chi connectivity index (χ0n) is 19.8. The molecule has 2 aromatic carbocycles. The van der Waals surface area contributed by atoms with E-state index >= 15 is 0 Å². The lowest BCUT2D eigenvalue weighted by Crippen LogP contribution is -2.67. The second-order valence-corrected chi connectivity index (χ2v) is 9.68. The second-order valence-electron chi connectivity index (χ2n) is 9.68. The number of phenols is 1. The second kappa shape index (κ2) is 9.64. The zero-order valence-corrected chi connectivity index (χ0v) is 19.8. The van der Waals surface area contributed by atoms with E-state index in [1.807, 2.05) is 13.8 Å². The SMILES string of the molecule is CNC(=O)C(c1ccc(F)cc1F)N1C(=O)C(C2Cc3ccc(O)cc3C2)NC(=O)C1CC(C)C. The predicted octanol–water partition coefficient (Wildman–Crippen LogP) is 2.61. The number of aromatic hydroxyl groups is 1. The Labute approximate surface area is 202 Å². The average molecular weight is 486 g/mol. The first-order valence-corrected chi connectivity index (χ1v) is 11.7. The molecule has 7 nitrogen and oxygen atoms in total. The van der Waals surface area contributed by atoms with Crippen LogP contribution in [0.15, 0.2) is 36.4 Å². The van der Waals surface area contributed by atoms with Gasteiger partial charge in [-0.15, -0.1) is 0 Å². The van der Waals surface area contributed by atoms with E-state index in [9.17, 15) is 28.3 Å². The minimum absolute atomic E-state index is 0.000266. The van der Waals surface area contributed by atoms with E-state index in [1.54, 1.807) is 18.2 Å². The van der Waals surface area contributed by atoms with Crippen LogP contribution in [0.25, 0.3) is 0 Å². The molecule has 1 saturated heterocycles. The maximum Gasteiger partial charge on any atom is 0.247 e. The molecule has 0 bridgehead atoms. The quantitative estimate of drug-likeness (QED) is 0.586. The van der Waals surface area contributed by atoms with Crippen LogP contribution in [0.2, 0.25) is 0 Å². The molecule has 3 N–H and O–H groups in total. The Morgan fingerprint density at radius 2 is 1.86 bits per heavy atom. The molecule has 1 aliphatic heterocycles. The molecule has 0 saturated carbocycles. The van der Waals surface area contributed by atoms with Crippen LogP contribution >= 0.6 is 0 Å². The van der Waals surface area contributed by atoms with Crippen LogP contribution in [0.4, 0.5) is 8.78 Å². The topological polar surface area (TPSA) is 98.7 Å². The van der Waals surface area contributed by atoms with E-state index in [2.05, 4.69) is 10.6 Å². The van der Waals surface area contributed by atoms with Crippen molar-refractivity contribution in [2.24, 2.45) is 11.8 Å². The summed E-state index contributed by atoms with van der Waals surface area (Å²) in [6.45, 7) is 3.77. The highest BCUT2D eigenvalue weighted by molar-refractivity contribution is 6.00. The summed E-state index contributed by atoms with van der Waals surface area (Å²) in [6, 6.07) is 4.46. The number of piperazine rings is 1. The molecule has 0 spiro atoms. The molecule has 2 aromatic rings. The maximum absolute atomic E-state index is 14.9.